The van der Waals surface area contributed by atoms with E-state index in [0.29, 0.717) is 47.6 Å². The summed E-state index contributed by atoms with van der Waals surface area (Å²) in [6.45, 7) is 5.55. The molecule has 1 aliphatic carbocycles. The van der Waals surface area contributed by atoms with Crippen molar-refractivity contribution >= 4 is 29.3 Å². The topological polar surface area (TPSA) is 100 Å². The van der Waals surface area contributed by atoms with Crippen LogP contribution in [0.4, 0.5) is 0 Å². The summed E-state index contributed by atoms with van der Waals surface area (Å²) in [5, 5.41) is 3.48. The lowest BCUT2D eigenvalue weighted by Crippen LogP contribution is -2.34. The number of allylic oxidation sites excluding steroid dienone is 3. The van der Waals surface area contributed by atoms with E-state index in [1.807, 2.05) is 6.92 Å². The first-order valence-corrected chi connectivity index (χ1v) is 11.3. The molecule has 2 aliphatic rings. The largest absolute Gasteiger partial charge is 0.490 e. The van der Waals surface area contributed by atoms with Crippen molar-refractivity contribution in [3.05, 3.63) is 45.3 Å². The summed E-state index contributed by atoms with van der Waals surface area (Å²) in [4.78, 5) is 37.5. The van der Waals surface area contributed by atoms with Gasteiger partial charge < -0.3 is 24.3 Å². The van der Waals surface area contributed by atoms with Gasteiger partial charge in [0, 0.05) is 40.4 Å². The van der Waals surface area contributed by atoms with Gasteiger partial charge in [-0.2, -0.15) is 0 Å². The number of rotatable bonds is 8. The van der Waals surface area contributed by atoms with Crippen LogP contribution in [0.3, 0.4) is 0 Å². The lowest BCUT2D eigenvalue weighted by atomic mass is 9.75. The van der Waals surface area contributed by atoms with Gasteiger partial charge in [0.25, 0.3) is 0 Å². The van der Waals surface area contributed by atoms with E-state index >= 15 is 0 Å². The fraction of sp³-hybridized carbons (Fsp3) is 0.458. The van der Waals surface area contributed by atoms with Gasteiger partial charge in [-0.1, -0.05) is 11.6 Å². The van der Waals surface area contributed by atoms with Crippen LogP contribution in [0, 0.1) is 0 Å². The van der Waals surface area contributed by atoms with Gasteiger partial charge in [-0.05, 0) is 45.2 Å². The number of methoxy groups -OCH3 is 1. The maximum absolute atomic E-state index is 13.0. The molecule has 1 N–H and O–H groups in total. The smallest absolute Gasteiger partial charge is 0.344 e. The average molecular weight is 478 g/mol. The van der Waals surface area contributed by atoms with Gasteiger partial charge in [0.1, 0.15) is 0 Å². The van der Waals surface area contributed by atoms with Crippen LogP contribution in [-0.2, 0) is 23.9 Å². The molecule has 0 saturated carbocycles. The Labute approximate surface area is 197 Å². The van der Waals surface area contributed by atoms with Crippen molar-refractivity contribution in [3.63, 3.8) is 0 Å². The number of benzene rings is 1. The predicted molar refractivity (Wildman–Crippen MR) is 121 cm³/mol. The molecule has 0 fully saturated rings. The molecule has 9 heteroatoms. The number of ketones is 1. The van der Waals surface area contributed by atoms with Crippen molar-refractivity contribution in [3.8, 4) is 11.5 Å². The lowest BCUT2D eigenvalue weighted by Gasteiger charge is -2.34. The van der Waals surface area contributed by atoms with Crippen molar-refractivity contribution < 1.29 is 33.3 Å². The van der Waals surface area contributed by atoms with Crippen molar-refractivity contribution in [2.24, 2.45) is 0 Å². The molecule has 33 heavy (non-hydrogen) atoms. The van der Waals surface area contributed by atoms with Gasteiger partial charge in [-0.25, -0.2) is 9.59 Å². The summed E-state index contributed by atoms with van der Waals surface area (Å²) in [5.41, 5.74) is 2.75. The standard InChI is InChI=1S/C24H28ClNO7/c1-5-31-18-10-14(15(25)11-19(18)33-12-20(28)32-6-2)22-21(24(29)30-4)13(3)26-16-8-7-9-17(27)23(16)22/h10-11,22,26H,5-9,12H2,1-4H3/t22-/m0/s1. The molecule has 0 amide bonds. The minimum absolute atomic E-state index is 0.0423. The maximum atomic E-state index is 13.0. The summed E-state index contributed by atoms with van der Waals surface area (Å²) in [6, 6.07) is 3.19. The number of hydrogen-bond donors (Lipinski definition) is 1. The van der Waals surface area contributed by atoms with Crippen molar-refractivity contribution in [1.82, 2.24) is 5.32 Å². The van der Waals surface area contributed by atoms with Gasteiger partial charge in [0.2, 0.25) is 0 Å². The highest BCUT2D eigenvalue weighted by atomic mass is 35.5. The van der Waals surface area contributed by atoms with Crippen LogP contribution < -0.4 is 14.8 Å². The Morgan fingerprint density at radius 3 is 2.52 bits per heavy atom. The van der Waals surface area contributed by atoms with E-state index in [2.05, 4.69) is 5.32 Å². The SMILES string of the molecule is CCOC(=O)COc1cc(Cl)c([C@H]2C(C(=O)OC)=C(C)NC3=C2C(=O)CCC3)cc1OCC. The number of halogens is 1. The summed E-state index contributed by atoms with van der Waals surface area (Å²) < 4.78 is 21.3. The molecular weight excluding hydrogens is 450 g/mol. The predicted octanol–water partition coefficient (Wildman–Crippen LogP) is 3.82. The number of hydrogen-bond acceptors (Lipinski definition) is 8. The zero-order valence-electron chi connectivity index (χ0n) is 19.2. The summed E-state index contributed by atoms with van der Waals surface area (Å²) in [5.74, 6) is -1.23. The van der Waals surface area contributed by atoms with Crippen molar-refractivity contribution in [2.75, 3.05) is 26.9 Å². The van der Waals surface area contributed by atoms with Gasteiger partial charge in [-0.3, -0.25) is 4.79 Å². The quantitative estimate of drug-likeness (QED) is 0.564. The second kappa shape index (κ2) is 10.7. The molecule has 0 spiro atoms. The zero-order chi connectivity index (χ0) is 24.1. The van der Waals surface area contributed by atoms with E-state index < -0.39 is 17.9 Å². The van der Waals surface area contributed by atoms with Crippen LogP contribution in [0.1, 0.15) is 51.5 Å². The molecule has 178 valence electrons. The van der Waals surface area contributed by atoms with E-state index in [4.69, 9.17) is 30.5 Å². The number of dihydropyridines is 1. The first-order chi connectivity index (χ1) is 15.8. The van der Waals surface area contributed by atoms with E-state index in [1.54, 1.807) is 19.9 Å². The Kier molecular flexibility index (Phi) is 8.02. The number of ether oxygens (including phenoxy) is 4. The van der Waals surface area contributed by atoms with Gasteiger partial charge >= 0.3 is 11.9 Å². The minimum Gasteiger partial charge on any atom is -0.490 e. The Morgan fingerprint density at radius 1 is 1.12 bits per heavy atom. The Morgan fingerprint density at radius 2 is 1.85 bits per heavy atom. The molecule has 1 aromatic carbocycles. The van der Waals surface area contributed by atoms with Crippen LogP contribution in [0.2, 0.25) is 5.02 Å². The van der Waals surface area contributed by atoms with Crippen LogP contribution >= 0.6 is 11.6 Å². The van der Waals surface area contributed by atoms with Gasteiger partial charge in [-0.15, -0.1) is 0 Å². The number of nitrogens with one attached hydrogen (secondary N) is 1. The number of Topliss-reactive ketones (excluding diaryl/α,β-unsaturated/α-hetero) is 1. The summed E-state index contributed by atoms with van der Waals surface area (Å²) in [7, 11) is 1.30. The highest BCUT2D eigenvalue weighted by molar-refractivity contribution is 6.32. The number of esters is 2. The van der Waals surface area contributed by atoms with Gasteiger partial charge in [0.15, 0.2) is 23.9 Å². The van der Waals surface area contributed by atoms with Crippen LogP contribution in [0.15, 0.2) is 34.7 Å². The Balaban J connectivity index is 2.12. The highest BCUT2D eigenvalue weighted by Gasteiger charge is 2.40. The molecule has 0 bridgehead atoms. The third kappa shape index (κ3) is 5.16. The first kappa shape index (κ1) is 24.6. The van der Waals surface area contributed by atoms with Crippen LogP contribution in [0.25, 0.3) is 0 Å². The van der Waals surface area contributed by atoms with Crippen molar-refractivity contribution in [2.45, 2.75) is 46.0 Å². The zero-order valence-corrected chi connectivity index (χ0v) is 20.0. The molecule has 0 radical (unpaired) electrons. The molecular formula is C24H28ClNO7. The number of carbonyl (C=O) groups excluding carboxylic acids is 3. The minimum atomic E-state index is -0.715. The summed E-state index contributed by atoms with van der Waals surface area (Å²) >= 11 is 6.67. The first-order valence-electron chi connectivity index (χ1n) is 10.9. The fourth-order valence-corrected chi connectivity index (χ4v) is 4.43. The molecule has 1 atom stereocenters. The molecule has 1 aliphatic heterocycles. The van der Waals surface area contributed by atoms with Gasteiger partial charge in [0.05, 0.1) is 25.9 Å². The molecule has 8 nitrogen and oxygen atoms in total. The Hall–Kier alpha value is -3.00. The molecule has 0 unspecified atom stereocenters. The normalized spacial score (nSPS) is 17.8. The van der Waals surface area contributed by atoms with E-state index in [-0.39, 0.29) is 29.8 Å². The van der Waals surface area contributed by atoms with E-state index in [1.165, 1.54) is 13.2 Å². The average Bonchev–Trinajstić information content (AvgIpc) is 2.78. The Bertz CT molecular complexity index is 1030. The van der Waals surface area contributed by atoms with Crippen molar-refractivity contribution in [1.29, 1.82) is 0 Å². The van der Waals surface area contributed by atoms with Crippen LogP contribution in [-0.4, -0.2) is 44.7 Å². The van der Waals surface area contributed by atoms with E-state index in [0.717, 1.165) is 12.1 Å². The summed E-state index contributed by atoms with van der Waals surface area (Å²) in [6.07, 6.45) is 1.82. The highest BCUT2D eigenvalue weighted by Crippen LogP contribution is 2.47. The second-order valence-electron chi connectivity index (χ2n) is 7.60. The molecule has 1 aromatic rings. The third-order valence-corrected chi connectivity index (χ3v) is 5.83. The lowest BCUT2D eigenvalue weighted by molar-refractivity contribution is -0.145. The molecule has 0 aromatic heterocycles. The van der Waals surface area contributed by atoms with E-state index in [9.17, 15) is 14.4 Å². The third-order valence-electron chi connectivity index (χ3n) is 5.51. The monoisotopic (exact) mass is 477 g/mol. The maximum Gasteiger partial charge on any atom is 0.344 e. The molecule has 1 heterocycles. The number of carbonyl (C=O) groups is 3. The second-order valence-corrected chi connectivity index (χ2v) is 8.01. The molecule has 3 rings (SSSR count). The van der Waals surface area contributed by atoms with Crippen LogP contribution in [0.5, 0.6) is 11.5 Å². The molecule has 0 saturated heterocycles. The fourth-order valence-electron chi connectivity index (χ4n) is 4.17.